The first kappa shape index (κ1) is 13.2. The molecule has 0 aromatic heterocycles. The van der Waals surface area contributed by atoms with Gasteiger partial charge in [-0.3, -0.25) is 4.79 Å². The Morgan fingerprint density at radius 3 is 2.45 bits per heavy atom. The SMILES string of the molecule is O=C(NC1Cc2ccccc2C1)c1cccc(CCl)c1. The molecule has 2 aromatic carbocycles. The highest BCUT2D eigenvalue weighted by Crippen LogP contribution is 2.22. The molecule has 20 heavy (non-hydrogen) atoms. The summed E-state index contributed by atoms with van der Waals surface area (Å²) < 4.78 is 0. The summed E-state index contributed by atoms with van der Waals surface area (Å²) in [6.45, 7) is 0. The standard InChI is InChI=1S/C17H16ClNO/c18-11-12-4-3-7-15(8-12)17(20)19-16-9-13-5-1-2-6-14(13)10-16/h1-8,16H,9-11H2,(H,19,20). The van der Waals surface area contributed by atoms with Crippen LogP contribution in [-0.2, 0) is 18.7 Å². The number of carbonyl (C=O) groups excluding carboxylic acids is 1. The van der Waals surface area contributed by atoms with Gasteiger partial charge in [-0.15, -0.1) is 11.6 Å². The van der Waals surface area contributed by atoms with Gasteiger partial charge in [0.2, 0.25) is 0 Å². The van der Waals surface area contributed by atoms with Crippen LogP contribution in [-0.4, -0.2) is 11.9 Å². The van der Waals surface area contributed by atoms with Gasteiger partial charge < -0.3 is 5.32 Å². The van der Waals surface area contributed by atoms with Gasteiger partial charge in [-0.25, -0.2) is 0 Å². The van der Waals surface area contributed by atoms with Crippen molar-refractivity contribution in [2.24, 2.45) is 0 Å². The van der Waals surface area contributed by atoms with Gasteiger partial charge in [0.15, 0.2) is 0 Å². The van der Waals surface area contributed by atoms with E-state index in [-0.39, 0.29) is 11.9 Å². The Morgan fingerprint density at radius 1 is 1.10 bits per heavy atom. The number of nitrogens with one attached hydrogen (secondary N) is 1. The molecule has 0 radical (unpaired) electrons. The van der Waals surface area contributed by atoms with E-state index in [4.69, 9.17) is 11.6 Å². The number of amides is 1. The van der Waals surface area contributed by atoms with Crippen LogP contribution in [0.3, 0.4) is 0 Å². The van der Waals surface area contributed by atoms with Crippen LogP contribution in [0.2, 0.25) is 0 Å². The number of halogens is 1. The number of hydrogen-bond donors (Lipinski definition) is 1. The van der Waals surface area contributed by atoms with Gasteiger partial charge in [0.25, 0.3) is 5.91 Å². The maximum absolute atomic E-state index is 12.3. The lowest BCUT2D eigenvalue weighted by Crippen LogP contribution is -2.35. The second-order valence-corrected chi connectivity index (χ2v) is 5.45. The van der Waals surface area contributed by atoms with E-state index in [9.17, 15) is 4.79 Å². The summed E-state index contributed by atoms with van der Waals surface area (Å²) in [6, 6.07) is 16.0. The Balaban J connectivity index is 1.69. The van der Waals surface area contributed by atoms with Crippen LogP contribution < -0.4 is 5.32 Å². The maximum Gasteiger partial charge on any atom is 0.251 e. The summed E-state index contributed by atoms with van der Waals surface area (Å²) in [5.41, 5.74) is 4.33. The summed E-state index contributed by atoms with van der Waals surface area (Å²) in [6.07, 6.45) is 1.83. The molecule has 2 aromatic rings. The molecule has 1 aliphatic rings. The molecule has 0 heterocycles. The summed E-state index contributed by atoms with van der Waals surface area (Å²) in [5.74, 6) is 0.408. The second-order valence-electron chi connectivity index (χ2n) is 5.18. The third-order valence-corrected chi connectivity index (χ3v) is 4.04. The van der Waals surface area contributed by atoms with Gasteiger partial charge >= 0.3 is 0 Å². The summed E-state index contributed by atoms with van der Waals surface area (Å²) >= 11 is 5.80. The smallest absolute Gasteiger partial charge is 0.251 e. The van der Waals surface area contributed by atoms with Crippen molar-refractivity contribution in [3.05, 3.63) is 70.8 Å². The third kappa shape index (κ3) is 2.70. The van der Waals surface area contributed by atoms with E-state index in [2.05, 4.69) is 17.4 Å². The fourth-order valence-electron chi connectivity index (χ4n) is 2.73. The monoisotopic (exact) mass is 285 g/mol. The first-order valence-corrected chi connectivity index (χ1v) is 7.32. The van der Waals surface area contributed by atoms with Crippen molar-refractivity contribution in [2.75, 3.05) is 0 Å². The van der Waals surface area contributed by atoms with E-state index in [1.54, 1.807) is 0 Å². The van der Waals surface area contributed by atoms with Crippen LogP contribution in [0.25, 0.3) is 0 Å². The molecule has 3 heteroatoms. The quantitative estimate of drug-likeness (QED) is 0.861. The van der Waals surface area contributed by atoms with Crippen molar-refractivity contribution in [1.29, 1.82) is 0 Å². The van der Waals surface area contributed by atoms with Gasteiger partial charge in [0, 0.05) is 17.5 Å². The molecule has 1 N–H and O–H groups in total. The number of carbonyl (C=O) groups is 1. The zero-order valence-electron chi connectivity index (χ0n) is 11.1. The zero-order chi connectivity index (χ0) is 13.9. The first-order valence-electron chi connectivity index (χ1n) is 6.79. The van der Waals surface area contributed by atoms with Gasteiger partial charge in [0.05, 0.1) is 0 Å². The first-order chi connectivity index (χ1) is 9.76. The number of alkyl halides is 1. The lowest BCUT2D eigenvalue weighted by Gasteiger charge is -2.12. The largest absolute Gasteiger partial charge is 0.349 e. The molecule has 0 atom stereocenters. The van der Waals surface area contributed by atoms with Crippen molar-refractivity contribution < 1.29 is 4.79 Å². The predicted molar refractivity (Wildman–Crippen MR) is 81.1 cm³/mol. The Bertz CT molecular complexity index is 613. The molecule has 0 aliphatic heterocycles. The van der Waals surface area contributed by atoms with Gasteiger partial charge in [-0.2, -0.15) is 0 Å². The molecule has 1 amide bonds. The van der Waals surface area contributed by atoms with Crippen molar-refractivity contribution >= 4 is 17.5 Å². The minimum absolute atomic E-state index is 0.0187. The van der Waals surface area contributed by atoms with Gasteiger partial charge in [-0.05, 0) is 41.7 Å². The van der Waals surface area contributed by atoms with Gasteiger partial charge in [0.1, 0.15) is 0 Å². The van der Waals surface area contributed by atoms with Crippen LogP contribution in [0.4, 0.5) is 0 Å². The average Bonchev–Trinajstić information content (AvgIpc) is 2.89. The predicted octanol–water partition coefficient (Wildman–Crippen LogP) is 3.32. The Kier molecular flexibility index (Phi) is 3.75. The molecule has 102 valence electrons. The topological polar surface area (TPSA) is 29.1 Å². The number of benzene rings is 2. The number of fused-ring (bicyclic) bond motifs is 1. The lowest BCUT2D eigenvalue weighted by atomic mass is 10.1. The number of hydrogen-bond acceptors (Lipinski definition) is 1. The molecule has 0 spiro atoms. The third-order valence-electron chi connectivity index (χ3n) is 3.73. The van der Waals surface area contributed by atoms with Crippen molar-refractivity contribution in [3.8, 4) is 0 Å². The molecule has 0 unspecified atom stereocenters. The van der Waals surface area contributed by atoms with E-state index in [0.717, 1.165) is 18.4 Å². The van der Waals surface area contributed by atoms with Crippen LogP contribution in [0, 0.1) is 0 Å². The Labute approximate surface area is 123 Å². The average molecular weight is 286 g/mol. The highest BCUT2D eigenvalue weighted by molar-refractivity contribution is 6.17. The van der Waals surface area contributed by atoms with Crippen LogP contribution in [0.1, 0.15) is 27.0 Å². The summed E-state index contributed by atoms with van der Waals surface area (Å²) in [7, 11) is 0. The molecule has 0 saturated heterocycles. The highest BCUT2D eigenvalue weighted by atomic mass is 35.5. The number of rotatable bonds is 3. The molecule has 0 bridgehead atoms. The zero-order valence-corrected chi connectivity index (χ0v) is 11.9. The van der Waals surface area contributed by atoms with E-state index in [1.807, 2.05) is 36.4 Å². The lowest BCUT2D eigenvalue weighted by molar-refractivity contribution is 0.0938. The minimum atomic E-state index is -0.0187. The van der Waals surface area contributed by atoms with Crippen molar-refractivity contribution in [3.63, 3.8) is 0 Å². The Morgan fingerprint density at radius 2 is 1.80 bits per heavy atom. The molecule has 2 nitrogen and oxygen atoms in total. The summed E-state index contributed by atoms with van der Waals surface area (Å²) in [5, 5.41) is 3.11. The van der Waals surface area contributed by atoms with Crippen LogP contribution in [0.5, 0.6) is 0 Å². The molecule has 0 saturated carbocycles. The molecule has 1 aliphatic carbocycles. The summed E-state index contributed by atoms with van der Waals surface area (Å²) in [4.78, 5) is 12.3. The van der Waals surface area contributed by atoms with E-state index in [0.29, 0.717) is 11.4 Å². The molecule has 0 fully saturated rings. The fraction of sp³-hybridized carbons (Fsp3) is 0.235. The van der Waals surface area contributed by atoms with Crippen molar-refractivity contribution in [2.45, 2.75) is 24.8 Å². The van der Waals surface area contributed by atoms with Crippen LogP contribution >= 0.6 is 11.6 Å². The second kappa shape index (κ2) is 5.68. The van der Waals surface area contributed by atoms with Crippen LogP contribution in [0.15, 0.2) is 48.5 Å². The van der Waals surface area contributed by atoms with E-state index < -0.39 is 0 Å². The molecular weight excluding hydrogens is 270 g/mol. The Hall–Kier alpha value is -1.80. The maximum atomic E-state index is 12.3. The fourth-order valence-corrected chi connectivity index (χ4v) is 2.89. The molecular formula is C17H16ClNO. The van der Waals surface area contributed by atoms with Gasteiger partial charge in [-0.1, -0.05) is 36.4 Å². The van der Waals surface area contributed by atoms with Crippen molar-refractivity contribution in [1.82, 2.24) is 5.32 Å². The van der Waals surface area contributed by atoms with E-state index in [1.165, 1.54) is 11.1 Å². The normalized spacial score (nSPS) is 14.1. The minimum Gasteiger partial charge on any atom is -0.349 e. The van der Waals surface area contributed by atoms with E-state index >= 15 is 0 Å². The highest BCUT2D eigenvalue weighted by Gasteiger charge is 2.22. The molecule has 3 rings (SSSR count).